The Hall–Kier alpha value is -2.90. The van der Waals surface area contributed by atoms with E-state index < -0.39 is 11.9 Å². The number of benzene rings is 1. The van der Waals surface area contributed by atoms with Crippen LogP contribution in [0.1, 0.15) is 13.0 Å². The molecule has 0 bridgehead atoms. The van der Waals surface area contributed by atoms with Crippen molar-refractivity contribution in [2.45, 2.75) is 13.0 Å². The first-order chi connectivity index (χ1) is 13.0. The quantitative estimate of drug-likeness (QED) is 0.559. The second-order valence-corrected chi connectivity index (χ2v) is 7.30. The van der Waals surface area contributed by atoms with Gasteiger partial charge in [0.25, 0.3) is 5.56 Å². The molecule has 0 aliphatic carbocycles. The van der Waals surface area contributed by atoms with Crippen molar-refractivity contribution in [2.24, 2.45) is 5.73 Å². The van der Waals surface area contributed by atoms with Gasteiger partial charge in [0.05, 0.1) is 11.6 Å². The zero-order valence-electron chi connectivity index (χ0n) is 14.2. The minimum atomic E-state index is -0.871. The van der Waals surface area contributed by atoms with Crippen LogP contribution < -0.4 is 11.3 Å². The van der Waals surface area contributed by atoms with Gasteiger partial charge in [0.15, 0.2) is 0 Å². The number of halogens is 1. The number of carbonyl (C=O) groups excluding carboxylic acids is 1. The number of rotatable bonds is 4. The molecule has 0 saturated heterocycles. The Morgan fingerprint density at radius 2 is 2.04 bits per heavy atom. The van der Waals surface area contributed by atoms with Crippen LogP contribution in [0.3, 0.4) is 0 Å². The van der Waals surface area contributed by atoms with Crippen LogP contribution in [0.2, 0.25) is 5.02 Å². The molecule has 0 saturated carbocycles. The number of nitrogens with two attached hydrogens (primary N) is 1. The summed E-state index contributed by atoms with van der Waals surface area (Å²) in [5.41, 5.74) is 6.46. The molecule has 3 heterocycles. The average Bonchev–Trinajstić information content (AvgIpc) is 3.31. The Balaban J connectivity index is 2.06. The highest BCUT2D eigenvalue weighted by atomic mass is 35.5. The van der Waals surface area contributed by atoms with E-state index in [1.807, 2.05) is 5.38 Å². The minimum absolute atomic E-state index is 0.344. The maximum atomic E-state index is 13.4. The molecular formula is C19H14ClN3O3S. The van der Waals surface area contributed by atoms with Crippen LogP contribution in [0, 0.1) is 0 Å². The number of carbonyl (C=O) groups is 1. The molecule has 4 aromatic rings. The Morgan fingerprint density at radius 3 is 2.67 bits per heavy atom. The van der Waals surface area contributed by atoms with E-state index in [0.717, 1.165) is 0 Å². The molecule has 6 nitrogen and oxygen atoms in total. The SMILES string of the molecule is CC(C(N)=O)n1c(-c2ccc(Cl)cc2)nc2scc(-c3ccco3)c2c1=O. The standard InChI is InChI=1S/C19H14ClN3O3S/c1-10(16(21)24)23-17(11-4-6-12(20)7-5-11)22-18-15(19(23)25)13(9-27-18)14-3-2-8-26-14/h2-10H,1H3,(H2,21,24). The van der Waals surface area contributed by atoms with Crippen molar-refractivity contribution in [3.63, 3.8) is 0 Å². The van der Waals surface area contributed by atoms with Crippen molar-refractivity contribution in [1.29, 1.82) is 0 Å². The molecule has 0 aliphatic rings. The molecule has 136 valence electrons. The normalized spacial score (nSPS) is 12.4. The summed E-state index contributed by atoms with van der Waals surface area (Å²) in [6.07, 6.45) is 1.54. The monoisotopic (exact) mass is 399 g/mol. The van der Waals surface area contributed by atoms with Gasteiger partial charge in [-0.25, -0.2) is 4.98 Å². The van der Waals surface area contributed by atoms with Crippen LogP contribution >= 0.6 is 22.9 Å². The van der Waals surface area contributed by atoms with Gasteiger partial charge in [-0.15, -0.1) is 11.3 Å². The molecule has 1 aromatic carbocycles. The Bertz CT molecular complexity index is 1190. The predicted molar refractivity (Wildman–Crippen MR) is 106 cm³/mol. The van der Waals surface area contributed by atoms with Gasteiger partial charge in [0.1, 0.15) is 22.5 Å². The summed E-state index contributed by atoms with van der Waals surface area (Å²) >= 11 is 7.31. The molecule has 8 heteroatoms. The first-order valence-electron chi connectivity index (χ1n) is 8.10. The summed E-state index contributed by atoms with van der Waals surface area (Å²) in [4.78, 5) is 30.5. The first kappa shape index (κ1) is 17.5. The van der Waals surface area contributed by atoms with Gasteiger partial charge in [-0.3, -0.25) is 14.2 Å². The number of nitrogens with zero attached hydrogens (tertiary/aromatic N) is 2. The van der Waals surface area contributed by atoms with Crippen molar-refractivity contribution < 1.29 is 9.21 Å². The lowest BCUT2D eigenvalue weighted by Crippen LogP contribution is -2.33. The molecule has 0 aliphatic heterocycles. The molecule has 0 radical (unpaired) electrons. The molecule has 1 amide bonds. The fourth-order valence-corrected chi connectivity index (χ4v) is 3.95. The van der Waals surface area contributed by atoms with Gasteiger partial charge in [-0.1, -0.05) is 11.6 Å². The molecule has 2 N–H and O–H groups in total. The molecule has 4 rings (SSSR count). The third-order valence-corrected chi connectivity index (χ3v) is 5.45. The van der Waals surface area contributed by atoms with Crippen molar-refractivity contribution in [3.05, 3.63) is 63.4 Å². The number of fused-ring (bicyclic) bond motifs is 1. The number of furan rings is 1. The van der Waals surface area contributed by atoms with Crippen molar-refractivity contribution in [1.82, 2.24) is 9.55 Å². The van der Waals surface area contributed by atoms with Crippen LogP contribution in [0.4, 0.5) is 0 Å². The van der Waals surface area contributed by atoms with Crippen molar-refractivity contribution >= 4 is 39.1 Å². The zero-order chi connectivity index (χ0) is 19.1. The van der Waals surface area contributed by atoms with Crippen LogP contribution in [0.5, 0.6) is 0 Å². The third-order valence-electron chi connectivity index (χ3n) is 4.33. The first-order valence-corrected chi connectivity index (χ1v) is 9.36. The number of hydrogen-bond donors (Lipinski definition) is 1. The molecule has 1 atom stereocenters. The van der Waals surface area contributed by atoms with Crippen LogP contribution in [0.25, 0.3) is 32.9 Å². The van der Waals surface area contributed by atoms with E-state index in [1.165, 1.54) is 15.9 Å². The summed E-state index contributed by atoms with van der Waals surface area (Å²) in [7, 11) is 0. The number of aromatic nitrogens is 2. The van der Waals surface area contributed by atoms with Gasteiger partial charge in [0.2, 0.25) is 5.91 Å². The number of primary amides is 1. The van der Waals surface area contributed by atoms with Gasteiger partial charge < -0.3 is 10.2 Å². The topological polar surface area (TPSA) is 91.1 Å². The van der Waals surface area contributed by atoms with E-state index in [0.29, 0.717) is 38.0 Å². The van der Waals surface area contributed by atoms with Gasteiger partial charge in [-0.2, -0.15) is 0 Å². The van der Waals surface area contributed by atoms with E-state index in [4.69, 9.17) is 21.8 Å². The Kier molecular flexibility index (Phi) is 4.33. The third kappa shape index (κ3) is 2.94. The van der Waals surface area contributed by atoms with E-state index in [9.17, 15) is 9.59 Å². The van der Waals surface area contributed by atoms with Crippen LogP contribution in [-0.4, -0.2) is 15.5 Å². The summed E-state index contributed by atoms with van der Waals surface area (Å²) in [5.74, 6) is 0.309. The second-order valence-electron chi connectivity index (χ2n) is 6.00. The zero-order valence-corrected chi connectivity index (χ0v) is 15.8. The molecule has 27 heavy (non-hydrogen) atoms. The minimum Gasteiger partial charge on any atom is -0.464 e. The highest BCUT2D eigenvalue weighted by molar-refractivity contribution is 7.17. The smallest absolute Gasteiger partial charge is 0.264 e. The molecule has 1 unspecified atom stereocenters. The number of amides is 1. The number of hydrogen-bond acceptors (Lipinski definition) is 5. The lowest BCUT2D eigenvalue weighted by atomic mass is 10.1. The summed E-state index contributed by atoms with van der Waals surface area (Å²) in [6.45, 7) is 1.58. The Morgan fingerprint density at radius 1 is 1.30 bits per heavy atom. The average molecular weight is 400 g/mol. The molecule has 3 aromatic heterocycles. The molecule has 0 fully saturated rings. The van der Waals surface area contributed by atoms with Crippen LogP contribution in [-0.2, 0) is 4.79 Å². The van der Waals surface area contributed by atoms with Gasteiger partial charge in [0, 0.05) is 21.5 Å². The fourth-order valence-electron chi connectivity index (χ4n) is 2.91. The summed E-state index contributed by atoms with van der Waals surface area (Å²) < 4.78 is 6.77. The Labute approximate surface area is 162 Å². The largest absolute Gasteiger partial charge is 0.464 e. The van der Waals surface area contributed by atoms with E-state index >= 15 is 0 Å². The second kappa shape index (κ2) is 6.68. The highest BCUT2D eigenvalue weighted by Crippen LogP contribution is 2.33. The van der Waals surface area contributed by atoms with Gasteiger partial charge in [-0.05, 0) is 43.3 Å². The van der Waals surface area contributed by atoms with Crippen molar-refractivity contribution in [2.75, 3.05) is 0 Å². The van der Waals surface area contributed by atoms with E-state index in [1.54, 1.807) is 49.6 Å². The summed E-state index contributed by atoms with van der Waals surface area (Å²) in [6, 6.07) is 9.56. The molecule has 0 spiro atoms. The predicted octanol–water partition coefficient (Wildman–Crippen LogP) is 4.08. The fraction of sp³-hybridized carbons (Fsp3) is 0.105. The van der Waals surface area contributed by atoms with E-state index in [2.05, 4.69) is 4.98 Å². The van der Waals surface area contributed by atoms with Crippen molar-refractivity contribution in [3.8, 4) is 22.7 Å². The number of thiophene rings is 1. The maximum absolute atomic E-state index is 13.4. The van der Waals surface area contributed by atoms with Crippen LogP contribution in [0.15, 0.2) is 57.3 Å². The highest BCUT2D eigenvalue weighted by Gasteiger charge is 2.24. The lowest BCUT2D eigenvalue weighted by Gasteiger charge is -2.17. The van der Waals surface area contributed by atoms with E-state index in [-0.39, 0.29) is 5.56 Å². The maximum Gasteiger partial charge on any atom is 0.264 e. The summed E-state index contributed by atoms with van der Waals surface area (Å²) in [5, 5.41) is 2.79. The lowest BCUT2D eigenvalue weighted by molar-refractivity contribution is -0.120. The van der Waals surface area contributed by atoms with Gasteiger partial charge >= 0.3 is 0 Å². The molecular weight excluding hydrogens is 386 g/mol.